The lowest BCUT2D eigenvalue weighted by Crippen LogP contribution is -2.02. The highest BCUT2D eigenvalue weighted by atomic mass is 19.1. The van der Waals surface area contributed by atoms with Gasteiger partial charge in [0.1, 0.15) is 17.3 Å². The quantitative estimate of drug-likeness (QED) is 0.739. The second kappa shape index (κ2) is 3.77. The Labute approximate surface area is 87.0 Å². The Balaban J connectivity index is 2.55. The maximum atomic E-state index is 13.4. The molecule has 2 rings (SSSR count). The molecule has 1 aliphatic carbocycles. The summed E-state index contributed by atoms with van der Waals surface area (Å²) in [5, 5.41) is 19.2. The van der Waals surface area contributed by atoms with E-state index in [4.69, 9.17) is 0 Å². The van der Waals surface area contributed by atoms with Crippen LogP contribution in [0.5, 0.6) is 0 Å². The van der Waals surface area contributed by atoms with Gasteiger partial charge in [-0.05, 0) is 18.6 Å². The van der Waals surface area contributed by atoms with Crippen LogP contribution in [0.2, 0.25) is 0 Å². The van der Waals surface area contributed by atoms with E-state index < -0.39 is 5.82 Å². The zero-order valence-corrected chi connectivity index (χ0v) is 8.07. The van der Waals surface area contributed by atoms with Crippen molar-refractivity contribution in [1.29, 1.82) is 0 Å². The first-order chi connectivity index (χ1) is 7.20. The summed E-state index contributed by atoms with van der Waals surface area (Å²) in [7, 11) is 0. The van der Waals surface area contributed by atoms with Crippen molar-refractivity contribution in [3.8, 4) is 0 Å². The molecule has 0 heterocycles. The minimum Gasteiger partial charge on any atom is -0.512 e. The summed E-state index contributed by atoms with van der Waals surface area (Å²) in [5.41, 5.74) is 0.447. The number of allylic oxidation sites excluding steroid dienone is 3. The second-order valence-electron chi connectivity index (χ2n) is 3.43. The standard InChI is InChI=1S/C12H11FO2/c13-9-5-2-1-4-8(9)12-10(14)6-3-7-11(12)15/h1-2,4-6,14-15H,3,7H2. The lowest BCUT2D eigenvalue weighted by atomic mass is 9.96. The molecule has 0 aliphatic heterocycles. The summed E-state index contributed by atoms with van der Waals surface area (Å²) >= 11 is 0. The maximum absolute atomic E-state index is 13.4. The molecule has 15 heavy (non-hydrogen) atoms. The molecule has 2 N–H and O–H groups in total. The first kappa shape index (κ1) is 9.77. The predicted molar refractivity (Wildman–Crippen MR) is 55.9 cm³/mol. The predicted octanol–water partition coefficient (Wildman–Crippen LogP) is 3.33. The average molecular weight is 206 g/mol. The molecule has 0 atom stereocenters. The van der Waals surface area contributed by atoms with Crippen molar-refractivity contribution in [1.82, 2.24) is 0 Å². The fourth-order valence-corrected chi connectivity index (χ4v) is 1.68. The molecule has 0 fully saturated rings. The van der Waals surface area contributed by atoms with Crippen LogP contribution < -0.4 is 0 Å². The second-order valence-corrected chi connectivity index (χ2v) is 3.43. The van der Waals surface area contributed by atoms with Crippen molar-refractivity contribution in [2.45, 2.75) is 12.8 Å². The normalized spacial score (nSPS) is 16.5. The van der Waals surface area contributed by atoms with Gasteiger partial charge in [0.2, 0.25) is 0 Å². The Kier molecular flexibility index (Phi) is 2.46. The van der Waals surface area contributed by atoms with E-state index >= 15 is 0 Å². The zero-order chi connectivity index (χ0) is 10.8. The van der Waals surface area contributed by atoms with E-state index in [-0.39, 0.29) is 22.7 Å². The Bertz CT molecular complexity index is 447. The molecule has 1 aromatic rings. The number of benzene rings is 1. The van der Waals surface area contributed by atoms with Crippen LogP contribution in [0.1, 0.15) is 18.4 Å². The van der Waals surface area contributed by atoms with E-state index in [1.807, 2.05) is 0 Å². The third-order valence-corrected chi connectivity index (χ3v) is 2.41. The minimum absolute atomic E-state index is 0.0418. The Hall–Kier alpha value is -1.77. The van der Waals surface area contributed by atoms with Crippen molar-refractivity contribution in [2.75, 3.05) is 0 Å². The molecule has 1 aromatic carbocycles. The number of aliphatic hydroxyl groups excluding tert-OH is 2. The van der Waals surface area contributed by atoms with Gasteiger partial charge in [0, 0.05) is 12.0 Å². The van der Waals surface area contributed by atoms with Crippen molar-refractivity contribution >= 4 is 5.57 Å². The van der Waals surface area contributed by atoms with Gasteiger partial charge in [-0.15, -0.1) is 0 Å². The largest absolute Gasteiger partial charge is 0.512 e. The molecule has 0 aromatic heterocycles. The van der Waals surface area contributed by atoms with Crippen LogP contribution in [0.25, 0.3) is 5.57 Å². The number of rotatable bonds is 1. The lowest BCUT2D eigenvalue weighted by Gasteiger charge is -2.15. The molecule has 0 saturated carbocycles. The van der Waals surface area contributed by atoms with Crippen molar-refractivity contribution in [3.05, 3.63) is 53.2 Å². The number of halogens is 1. The molecule has 3 heteroatoms. The molecule has 0 spiro atoms. The zero-order valence-electron chi connectivity index (χ0n) is 8.07. The van der Waals surface area contributed by atoms with Crippen LogP contribution >= 0.6 is 0 Å². The lowest BCUT2D eigenvalue weighted by molar-refractivity contribution is 0.370. The molecule has 0 unspecified atom stereocenters. The fourth-order valence-electron chi connectivity index (χ4n) is 1.68. The van der Waals surface area contributed by atoms with Crippen LogP contribution in [0.15, 0.2) is 41.9 Å². The van der Waals surface area contributed by atoms with Gasteiger partial charge in [-0.25, -0.2) is 4.39 Å². The molecule has 0 bridgehead atoms. The van der Waals surface area contributed by atoms with E-state index in [9.17, 15) is 14.6 Å². The Morgan fingerprint density at radius 2 is 1.87 bits per heavy atom. The SMILES string of the molecule is OC1=CCCC(O)=C1c1ccccc1F. The molecule has 78 valence electrons. The van der Waals surface area contributed by atoms with Gasteiger partial charge in [-0.3, -0.25) is 0 Å². The molecular formula is C12H11FO2. The summed E-state index contributed by atoms with van der Waals surface area (Å²) in [5.74, 6) is -0.454. The van der Waals surface area contributed by atoms with Crippen LogP contribution in [0.4, 0.5) is 4.39 Å². The van der Waals surface area contributed by atoms with Crippen molar-refractivity contribution in [2.24, 2.45) is 0 Å². The average Bonchev–Trinajstić information content (AvgIpc) is 2.20. The summed E-state index contributed by atoms with van der Waals surface area (Å²) in [4.78, 5) is 0. The summed E-state index contributed by atoms with van der Waals surface area (Å²) < 4.78 is 13.4. The van der Waals surface area contributed by atoms with Crippen LogP contribution in [-0.2, 0) is 0 Å². The van der Waals surface area contributed by atoms with Crippen LogP contribution in [-0.4, -0.2) is 10.2 Å². The number of hydrogen-bond acceptors (Lipinski definition) is 2. The molecule has 1 aliphatic rings. The van der Waals surface area contributed by atoms with Crippen LogP contribution in [0.3, 0.4) is 0 Å². The van der Waals surface area contributed by atoms with E-state index in [0.29, 0.717) is 12.8 Å². The van der Waals surface area contributed by atoms with Gasteiger partial charge >= 0.3 is 0 Å². The molecule has 0 radical (unpaired) electrons. The van der Waals surface area contributed by atoms with Gasteiger partial charge in [0.15, 0.2) is 0 Å². The smallest absolute Gasteiger partial charge is 0.131 e. The monoisotopic (exact) mass is 206 g/mol. The van der Waals surface area contributed by atoms with Gasteiger partial charge in [0.05, 0.1) is 5.57 Å². The van der Waals surface area contributed by atoms with Gasteiger partial charge < -0.3 is 10.2 Å². The van der Waals surface area contributed by atoms with Gasteiger partial charge in [0.25, 0.3) is 0 Å². The van der Waals surface area contributed by atoms with Gasteiger partial charge in [-0.1, -0.05) is 18.2 Å². The van der Waals surface area contributed by atoms with E-state index in [1.54, 1.807) is 18.2 Å². The van der Waals surface area contributed by atoms with Crippen LogP contribution in [0, 0.1) is 5.82 Å². The summed E-state index contributed by atoms with van der Waals surface area (Å²) in [6.45, 7) is 0. The molecule has 0 saturated heterocycles. The highest BCUT2D eigenvalue weighted by Crippen LogP contribution is 2.31. The summed E-state index contributed by atoms with van der Waals surface area (Å²) in [6, 6.07) is 6.08. The Morgan fingerprint density at radius 1 is 1.13 bits per heavy atom. The first-order valence-electron chi connectivity index (χ1n) is 4.76. The number of aliphatic hydroxyl groups is 2. The fraction of sp³-hybridized carbons (Fsp3) is 0.167. The third-order valence-electron chi connectivity index (χ3n) is 2.41. The summed E-state index contributed by atoms with van der Waals surface area (Å²) in [6.07, 6.45) is 2.60. The minimum atomic E-state index is -0.444. The maximum Gasteiger partial charge on any atom is 0.131 e. The first-order valence-corrected chi connectivity index (χ1v) is 4.76. The highest BCUT2D eigenvalue weighted by Gasteiger charge is 2.19. The van der Waals surface area contributed by atoms with E-state index in [0.717, 1.165) is 0 Å². The molecule has 0 amide bonds. The molecular weight excluding hydrogens is 195 g/mol. The highest BCUT2D eigenvalue weighted by molar-refractivity contribution is 5.79. The Morgan fingerprint density at radius 3 is 2.53 bits per heavy atom. The van der Waals surface area contributed by atoms with E-state index in [1.165, 1.54) is 12.1 Å². The molecule has 2 nitrogen and oxygen atoms in total. The third kappa shape index (κ3) is 1.73. The van der Waals surface area contributed by atoms with Gasteiger partial charge in [-0.2, -0.15) is 0 Å². The van der Waals surface area contributed by atoms with Crippen molar-refractivity contribution in [3.63, 3.8) is 0 Å². The number of hydrogen-bond donors (Lipinski definition) is 2. The van der Waals surface area contributed by atoms with E-state index in [2.05, 4.69) is 0 Å². The van der Waals surface area contributed by atoms with Crippen molar-refractivity contribution < 1.29 is 14.6 Å². The topological polar surface area (TPSA) is 40.5 Å².